The van der Waals surface area contributed by atoms with Crippen molar-refractivity contribution in [2.75, 3.05) is 32.5 Å². The normalized spacial score (nSPS) is 14.6. The van der Waals surface area contributed by atoms with Gasteiger partial charge in [0.2, 0.25) is 5.95 Å². The van der Waals surface area contributed by atoms with Crippen molar-refractivity contribution in [2.45, 2.75) is 33.1 Å². The lowest BCUT2D eigenvalue weighted by Gasteiger charge is -2.24. The Labute approximate surface area is 165 Å². The van der Waals surface area contributed by atoms with Gasteiger partial charge in [0, 0.05) is 17.1 Å². The van der Waals surface area contributed by atoms with Gasteiger partial charge in [-0.2, -0.15) is 0 Å². The Balaban J connectivity index is 0.000000264. The van der Waals surface area contributed by atoms with E-state index in [1.54, 1.807) is 18.4 Å². The lowest BCUT2D eigenvalue weighted by molar-refractivity contribution is 0.240. The molecular weight excluding hydrogens is 358 g/mol. The molecule has 1 saturated heterocycles. The Morgan fingerprint density at radius 2 is 1.96 bits per heavy atom. The van der Waals surface area contributed by atoms with Crippen LogP contribution in [-0.2, 0) is 0 Å². The number of fused-ring (bicyclic) bond motifs is 1. The second-order valence-electron chi connectivity index (χ2n) is 6.58. The molecule has 4 rings (SSSR count). The average Bonchev–Trinajstić information content (AvgIpc) is 3.17. The Kier molecular flexibility index (Phi) is 6.58. The maximum atomic E-state index is 5.54. The molecule has 1 aliphatic heterocycles. The summed E-state index contributed by atoms with van der Waals surface area (Å²) in [7, 11) is 1.66. The van der Waals surface area contributed by atoms with Crippen molar-refractivity contribution in [3.8, 4) is 17.0 Å². The van der Waals surface area contributed by atoms with Gasteiger partial charge in [-0.25, -0.2) is 4.98 Å². The molecule has 146 valence electrons. The number of nitrogens with zero attached hydrogens (tertiary/aromatic N) is 4. The first kappa shape index (κ1) is 19.5. The fraction of sp³-hybridized carbons (Fsp3) is 0.450. The van der Waals surface area contributed by atoms with Crippen molar-refractivity contribution in [3.05, 3.63) is 29.3 Å². The van der Waals surface area contributed by atoms with E-state index in [4.69, 9.17) is 10.5 Å². The summed E-state index contributed by atoms with van der Waals surface area (Å²) in [6.45, 7) is 8.04. The number of benzene rings is 1. The van der Waals surface area contributed by atoms with Crippen LogP contribution in [0.15, 0.2) is 23.6 Å². The van der Waals surface area contributed by atoms with Gasteiger partial charge in [0.05, 0.1) is 12.8 Å². The van der Waals surface area contributed by atoms with E-state index < -0.39 is 0 Å². The van der Waals surface area contributed by atoms with Gasteiger partial charge in [0.1, 0.15) is 11.4 Å². The Bertz CT molecular complexity index is 895. The molecule has 27 heavy (non-hydrogen) atoms. The largest absolute Gasteiger partial charge is 0.495 e. The number of likely N-dealkylation sites (tertiary alicyclic amines) is 1. The quantitative estimate of drug-likeness (QED) is 0.718. The highest BCUT2D eigenvalue weighted by Gasteiger charge is 2.15. The number of methoxy groups -OCH3 is 1. The van der Waals surface area contributed by atoms with Crippen molar-refractivity contribution in [3.63, 3.8) is 0 Å². The van der Waals surface area contributed by atoms with E-state index in [1.165, 1.54) is 43.6 Å². The van der Waals surface area contributed by atoms with E-state index in [-0.39, 0.29) is 7.37 Å². The van der Waals surface area contributed by atoms with E-state index >= 15 is 0 Å². The number of nitrogen functional groups attached to an aromatic ring is 1. The van der Waals surface area contributed by atoms with Crippen LogP contribution in [0.5, 0.6) is 5.75 Å². The third-order valence-electron chi connectivity index (χ3n) is 4.82. The van der Waals surface area contributed by atoms with Crippen molar-refractivity contribution in [1.29, 1.82) is 0 Å². The molecule has 7 heteroatoms. The molecule has 0 unspecified atom stereocenters. The molecule has 0 saturated carbocycles. The summed E-state index contributed by atoms with van der Waals surface area (Å²) in [5, 5.41) is 11.1. The van der Waals surface area contributed by atoms with E-state index in [2.05, 4.69) is 33.1 Å². The van der Waals surface area contributed by atoms with E-state index in [9.17, 15) is 0 Å². The molecule has 0 aliphatic carbocycles. The summed E-state index contributed by atoms with van der Waals surface area (Å²) in [5.74, 6) is 0.972. The molecule has 3 heterocycles. The number of aromatic nitrogens is 3. The number of anilines is 1. The molecule has 1 fully saturated rings. The summed E-state index contributed by atoms with van der Waals surface area (Å²) >= 11 is 1.68. The van der Waals surface area contributed by atoms with E-state index in [0.29, 0.717) is 5.69 Å². The Hall–Kier alpha value is -2.25. The zero-order chi connectivity index (χ0) is 19.2. The van der Waals surface area contributed by atoms with Crippen LogP contribution in [0.25, 0.3) is 21.3 Å². The van der Waals surface area contributed by atoms with E-state index in [1.807, 2.05) is 24.4 Å². The molecular formula is C20H29N5OS. The second-order valence-corrected chi connectivity index (χ2v) is 7.53. The highest BCUT2D eigenvalue weighted by molar-refractivity contribution is 7.17. The first-order valence-corrected chi connectivity index (χ1v) is 10.3. The minimum Gasteiger partial charge on any atom is -0.495 e. The molecule has 1 aliphatic rings. The van der Waals surface area contributed by atoms with Crippen LogP contribution in [0.4, 0.5) is 5.95 Å². The molecule has 1 aromatic carbocycles. The van der Waals surface area contributed by atoms with Gasteiger partial charge in [0.15, 0.2) is 0 Å². The SMILES string of the molecule is CCN1CCCCC1.COc1c(-c2nnc(N)nc2C)ccc2sccc12.[HH]. The third-order valence-corrected chi connectivity index (χ3v) is 5.70. The van der Waals surface area contributed by atoms with Crippen molar-refractivity contribution < 1.29 is 6.16 Å². The second kappa shape index (κ2) is 9.10. The average molecular weight is 388 g/mol. The number of thiophene rings is 1. The number of hydrogen-bond donors (Lipinski definition) is 1. The van der Waals surface area contributed by atoms with Gasteiger partial charge in [-0.15, -0.1) is 21.5 Å². The number of ether oxygens (including phenoxy) is 1. The zero-order valence-electron chi connectivity index (χ0n) is 16.2. The number of rotatable bonds is 3. The lowest BCUT2D eigenvalue weighted by atomic mass is 10.1. The van der Waals surface area contributed by atoms with Crippen molar-refractivity contribution in [1.82, 2.24) is 20.1 Å². The molecule has 0 amide bonds. The number of hydrogen-bond acceptors (Lipinski definition) is 7. The summed E-state index contributed by atoms with van der Waals surface area (Å²) in [4.78, 5) is 6.66. The summed E-state index contributed by atoms with van der Waals surface area (Å²) in [6, 6.07) is 6.07. The van der Waals surface area contributed by atoms with Gasteiger partial charge in [-0.3, -0.25) is 0 Å². The highest BCUT2D eigenvalue weighted by atomic mass is 32.1. The summed E-state index contributed by atoms with van der Waals surface area (Å²) in [5.41, 5.74) is 7.85. The Morgan fingerprint density at radius 3 is 2.59 bits per heavy atom. The van der Waals surface area contributed by atoms with Crippen LogP contribution in [-0.4, -0.2) is 46.8 Å². The van der Waals surface area contributed by atoms with Crippen LogP contribution < -0.4 is 10.5 Å². The van der Waals surface area contributed by atoms with Crippen molar-refractivity contribution >= 4 is 27.4 Å². The fourth-order valence-corrected chi connectivity index (χ4v) is 4.15. The first-order valence-electron chi connectivity index (χ1n) is 9.37. The summed E-state index contributed by atoms with van der Waals surface area (Å²) < 4.78 is 6.71. The van der Waals surface area contributed by atoms with Crippen LogP contribution in [0.3, 0.4) is 0 Å². The summed E-state index contributed by atoms with van der Waals surface area (Å²) in [6.07, 6.45) is 4.30. The standard InChI is InChI=1S/C13H12N4OS.C7H15N.H2/c1-7-11(16-17-13(14)15-7)9-3-4-10-8(5-6-19-10)12(9)18-2;1-2-8-6-4-3-5-7-8;/h3-6H,1-2H3,(H2,14,15,17);2-7H2,1H3;1H. The molecule has 0 atom stereocenters. The highest BCUT2D eigenvalue weighted by Crippen LogP contribution is 2.38. The molecule has 6 nitrogen and oxygen atoms in total. The van der Waals surface area contributed by atoms with Crippen LogP contribution in [0.2, 0.25) is 0 Å². The van der Waals surface area contributed by atoms with Gasteiger partial charge >= 0.3 is 0 Å². The predicted molar refractivity (Wildman–Crippen MR) is 114 cm³/mol. The van der Waals surface area contributed by atoms with Crippen molar-refractivity contribution in [2.24, 2.45) is 0 Å². The maximum Gasteiger partial charge on any atom is 0.240 e. The van der Waals surface area contributed by atoms with Gasteiger partial charge in [0.25, 0.3) is 0 Å². The van der Waals surface area contributed by atoms with Crippen LogP contribution in [0.1, 0.15) is 33.3 Å². The van der Waals surface area contributed by atoms with E-state index in [0.717, 1.165) is 22.4 Å². The smallest absolute Gasteiger partial charge is 0.240 e. The fourth-order valence-electron chi connectivity index (χ4n) is 3.37. The van der Waals surface area contributed by atoms with Crippen LogP contribution in [0, 0.1) is 6.92 Å². The lowest BCUT2D eigenvalue weighted by Crippen LogP contribution is -2.29. The van der Waals surface area contributed by atoms with Crippen LogP contribution >= 0.6 is 11.3 Å². The van der Waals surface area contributed by atoms with Gasteiger partial charge in [-0.1, -0.05) is 13.3 Å². The minimum absolute atomic E-state index is 0. The predicted octanol–water partition coefficient (Wildman–Crippen LogP) is 4.39. The maximum absolute atomic E-state index is 5.54. The van der Waals surface area contributed by atoms with Gasteiger partial charge < -0.3 is 15.4 Å². The zero-order valence-corrected chi connectivity index (χ0v) is 17.1. The van der Waals surface area contributed by atoms with Gasteiger partial charge in [-0.05, 0) is 63.0 Å². The Morgan fingerprint density at radius 1 is 1.19 bits per heavy atom. The third kappa shape index (κ3) is 4.54. The number of piperidine rings is 1. The topological polar surface area (TPSA) is 77.2 Å². The monoisotopic (exact) mass is 387 g/mol. The number of nitrogens with two attached hydrogens (primary N) is 1. The molecule has 0 bridgehead atoms. The minimum atomic E-state index is 0. The molecule has 2 N–H and O–H groups in total. The molecule has 3 aromatic rings. The first-order chi connectivity index (χ1) is 13.1. The number of aryl methyl sites for hydroxylation is 1. The molecule has 2 aromatic heterocycles. The molecule has 0 radical (unpaired) electrons. The molecule has 0 spiro atoms.